The summed E-state index contributed by atoms with van der Waals surface area (Å²) in [6, 6.07) is 5.00. The van der Waals surface area contributed by atoms with Crippen molar-refractivity contribution in [1.29, 1.82) is 0 Å². The first kappa shape index (κ1) is 14.0. The molecule has 0 fully saturated rings. The number of aliphatic hydroxyl groups is 1. The summed E-state index contributed by atoms with van der Waals surface area (Å²) in [7, 11) is 1.49. The van der Waals surface area contributed by atoms with Crippen LogP contribution in [0.25, 0.3) is 0 Å². The van der Waals surface area contributed by atoms with Crippen molar-refractivity contribution >= 4 is 12.4 Å². The fraction of sp³-hybridized carbons (Fsp3) is 0.400. The molecule has 1 rings (SSSR count). The minimum Gasteiger partial charge on any atom is -0.504 e. The zero-order valence-electron chi connectivity index (χ0n) is 8.51. The van der Waals surface area contributed by atoms with E-state index < -0.39 is 0 Å². The number of hydrogen-bond donors (Lipinski definition) is 3. The molecule has 4 N–H and O–H groups in total. The van der Waals surface area contributed by atoms with Gasteiger partial charge in [0.15, 0.2) is 11.5 Å². The number of halogens is 1. The molecule has 0 unspecified atom stereocenters. The van der Waals surface area contributed by atoms with Gasteiger partial charge in [-0.3, -0.25) is 0 Å². The number of aromatic hydroxyl groups is 1. The summed E-state index contributed by atoms with van der Waals surface area (Å²) in [5.74, 6) is 0.353. The van der Waals surface area contributed by atoms with Crippen LogP contribution in [0.3, 0.4) is 0 Å². The van der Waals surface area contributed by atoms with Gasteiger partial charge in [0.25, 0.3) is 0 Å². The maximum Gasteiger partial charge on any atom is 0.160 e. The van der Waals surface area contributed by atoms with Crippen molar-refractivity contribution in [1.82, 2.24) is 0 Å². The minimum absolute atomic E-state index is 0. The van der Waals surface area contributed by atoms with E-state index in [0.717, 1.165) is 5.56 Å². The molecule has 15 heavy (non-hydrogen) atoms. The topological polar surface area (TPSA) is 75.7 Å². The third kappa shape index (κ3) is 3.27. The molecular formula is C10H16ClNO3. The predicted octanol–water partition coefficient (Wildman–Crippen LogP) is 0.857. The van der Waals surface area contributed by atoms with Crippen molar-refractivity contribution in [3.63, 3.8) is 0 Å². The Labute approximate surface area is 95.1 Å². The van der Waals surface area contributed by atoms with E-state index in [1.165, 1.54) is 7.11 Å². The first-order chi connectivity index (χ1) is 6.72. The van der Waals surface area contributed by atoms with Gasteiger partial charge >= 0.3 is 0 Å². The van der Waals surface area contributed by atoms with Gasteiger partial charge in [0.1, 0.15) is 0 Å². The number of hydrogen-bond acceptors (Lipinski definition) is 4. The van der Waals surface area contributed by atoms with E-state index in [0.29, 0.717) is 12.3 Å². The van der Waals surface area contributed by atoms with E-state index in [1.807, 2.05) is 0 Å². The Morgan fingerprint density at radius 3 is 2.53 bits per heavy atom. The third-order valence-corrected chi connectivity index (χ3v) is 2.18. The molecular weight excluding hydrogens is 218 g/mol. The number of phenolic OH excluding ortho intramolecular Hbond substituents is 1. The summed E-state index contributed by atoms with van der Waals surface area (Å²) in [4.78, 5) is 0. The number of methoxy groups -OCH3 is 1. The second kappa shape index (κ2) is 6.50. The van der Waals surface area contributed by atoms with Crippen LogP contribution < -0.4 is 10.5 Å². The number of aliphatic hydroxyl groups excluding tert-OH is 1. The highest BCUT2D eigenvalue weighted by atomic mass is 35.5. The van der Waals surface area contributed by atoms with Gasteiger partial charge in [0, 0.05) is 12.5 Å². The highest BCUT2D eigenvalue weighted by Crippen LogP contribution is 2.29. The van der Waals surface area contributed by atoms with Crippen molar-refractivity contribution < 1.29 is 14.9 Å². The Bertz CT molecular complexity index is 303. The Morgan fingerprint density at radius 2 is 2.13 bits per heavy atom. The standard InChI is InChI=1S/C10H15NO3.ClH/c1-14-10-3-2-7(4-9(10)13)8(5-11)6-12;/h2-4,8,12-13H,5-6,11H2,1H3;1H/t8-;/m1./s1. The summed E-state index contributed by atoms with van der Waals surface area (Å²) >= 11 is 0. The highest BCUT2D eigenvalue weighted by molar-refractivity contribution is 5.85. The second-order valence-electron chi connectivity index (χ2n) is 3.05. The predicted molar refractivity (Wildman–Crippen MR) is 60.8 cm³/mol. The van der Waals surface area contributed by atoms with Crippen LogP contribution in [0.4, 0.5) is 0 Å². The van der Waals surface area contributed by atoms with Crippen LogP contribution in [0.15, 0.2) is 18.2 Å². The van der Waals surface area contributed by atoms with E-state index >= 15 is 0 Å². The van der Waals surface area contributed by atoms with Crippen molar-refractivity contribution in [3.05, 3.63) is 23.8 Å². The summed E-state index contributed by atoms with van der Waals surface area (Å²) in [6.07, 6.45) is 0. The van der Waals surface area contributed by atoms with Gasteiger partial charge in [0.2, 0.25) is 0 Å². The number of phenols is 1. The lowest BCUT2D eigenvalue weighted by Gasteiger charge is -2.13. The summed E-state index contributed by atoms with van der Waals surface area (Å²) in [6.45, 7) is 0.324. The molecule has 0 amide bonds. The molecule has 86 valence electrons. The van der Waals surface area contributed by atoms with E-state index in [-0.39, 0.29) is 30.7 Å². The number of benzene rings is 1. The molecule has 0 heterocycles. The normalized spacial score (nSPS) is 11.7. The number of nitrogens with two attached hydrogens (primary N) is 1. The molecule has 0 aliphatic heterocycles. The van der Waals surface area contributed by atoms with Crippen LogP contribution in [-0.2, 0) is 0 Å². The molecule has 0 aromatic heterocycles. The van der Waals surface area contributed by atoms with Gasteiger partial charge in [0.05, 0.1) is 13.7 Å². The number of ether oxygens (including phenoxy) is 1. The van der Waals surface area contributed by atoms with Gasteiger partial charge < -0.3 is 20.7 Å². The minimum atomic E-state index is -0.133. The fourth-order valence-electron chi connectivity index (χ4n) is 1.28. The maximum absolute atomic E-state index is 9.48. The van der Waals surface area contributed by atoms with E-state index in [9.17, 15) is 5.11 Å². The zero-order chi connectivity index (χ0) is 10.6. The van der Waals surface area contributed by atoms with Gasteiger partial charge in [-0.15, -0.1) is 12.4 Å². The van der Waals surface area contributed by atoms with Gasteiger partial charge in [-0.05, 0) is 17.7 Å². The SMILES string of the molecule is COc1ccc([C@H](CN)CO)cc1O.Cl. The first-order valence-electron chi connectivity index (χ1n) is 4.40. The summed E-state index contributed by atoms with van der Waals surface area (Å²) in [5.41, 5.74) is 6.28. The van der Waals surface area contributed by atoms with Crippen molar-refractivity contribution in [2.75, 3.05) is 20.3 Å². The van der Waals surface area contributed by atoms with Crippen LogP contribution in [0.1, 0.15) is 11.5 Å². The molecule has 0 saturated heterocycles. The van der Waals surface area contributed by atoms with Gasteiger partial charge in [-0.25, -0.2) is 0 Å². The maximum atomic E-state index is 9.48. The van der Waals surface area contributed by atoms with Crippen LogP contribution in [-0.4, -0.2) is 30.5 Å². The Kier molecular flexibility index (Phi) is 6.08. The molecule has 0 saturated carbocycles. The van der Waals surface area contributed by atoms with Crippen LogP contribution >= 0.6 is 12.4 Å². The van der Waals surface area contributed by atoms with Crippen LogP contribution in [0.2, 0.25) is 0 Å². The molecule has 1 atom stereocenters. The average molecular weight is 234 g/mol. The largest absolute Gasteiger partial charge is 0.504 e. The van der Waals surface area contributed by atoms with E-state index in [1.54, 1.807) is 18.2 Å². The average Bonchev–Trinajstić information content (AvgIpc) is 2.20. The molecule has 5 heteroatoms. The van der Waals surface area contributed by atoms with Crippen molar-refractivity contribution in [2.24, 2.45) is 5.73 Å². The lowest BCUT2D eigenvalue weighted by atomic mass is 10.00. The van der Waals surface area contributed by atoms with Crippen LogP contribution in [0.5, 0.6) is 11.5 Å². The van der Waals surface area contributed by atoms with Crippen molar-refractivity contribution in [3.8, 4) is 11.5 Å². The molecule has 0 aliphatic carbocycles. The Morgan fingerprint density at radius 1 is 1.47 bits per heavy atom. The lowest BCUT2D eigenvalue weighted by Crippen LogP contribution is -2.15. The Hall–Kier alpha value is -0.970. The van der Waals surface area contributed by atoms with Gasteiger partial charge in [-0.1, -0.05) is 6.07 Å². The molecule has 0 bridgehead atoms. The van der Waals surface area contributed by atoms with E-state index in [2.05, 4.69) is 0 Å². The van der Waals surface area contributed by atoms with Crippen molar-refractivity contribution in [2.45, 2.75) is 5.92 Å². The molecule has 0 aliphatic rings. The first-order valence-corrected chi connectivity index (χ1v) is 4.40. The smallest absolute Gasteiger partial charge is 0.160 e. The fourth-order valence-corrected chi connectivity index (χ4v) is 1.28. The lowest BCUT2D eigenvalue weighted by molar-refractivity contribution is 0.267. The zero-order valence-corrected chi connectivity index (χ0v) is 9.33. The van der Waals surface area contributed by atoms with Crippen LogP contribution in [0, 0.1) is 0 Å². The van der Waals surface area contributed by atoms with Gasteiger partial charge in [-0.2, -0.15) is 0 Å². The summed E-state index contributed by atoms with van der Waals surface area (Å²) < 4.78 is 4.90. The molecule has 0 radical (unpaired) electrons. The van der Waals surface area contributed by atoms with E-state index in [4.69, 9.17) is 15.6 Å². The summed E-state index contributed by atoms with van der Waals surface area (Å²) in [5, 5.41) is 18.5. The molecule has 4 nitrogen and oxygen atoms in total. The molecule has 1 aromatic carbocycles. The molecule has 1 aromatic rings. The number of rotatable bonds is 4. The highest BCUT2D eigenvalue weighted by Gasteiger charge is 2.10. The monoisotopic (exact) mass is 233 g/mol. The quantitative estimate of drug-likeness (QED) is 0.721. The second-order valence-corrected chi connectivity index (χ2v) is 3.05. The Balaban J connectivity index is 0.00000196. The molecule has 0 spiro atoms. The third-order valence-electron chi connectivity index (χ3n) is 2.18.